The quantitative estimate of drug-likeness (QED) is 0.819. The third kappa shape index (κ3) is 3.48. The molecule has 3 heterocycles. The second kappa shape index (κ2) is 7.50. The Balaban J connectivity index is 1.44. The molecule has 1 aliphatic carbocycles. The fourth-order valence-electron chi connectivity index (χ4n) is 4.94. The summed E-state index contributed by atoms with van der Waals surface area (Å²) in [4.78, 5) is 2.45. The maximum Gasteiger partial charge on any atom is 0.131 e. The summed E-state index contributed by atoms with van der Waals surface area (Å²) in [7, 11) is 0. The summed E-state index contributed by atoms with van der Waals surface area (Å²) in [5.41, 5.74) is 4.61. The Kier molecular flexibility index (Phi) is 4.70. The Morgan fingerprint density at radius 2 is 1.97 bits per heavy atom. The van der Waals surface area contributed by atoms with Crippen molar-refractivity contribution < 1.29 is 5.11 Å². The monoisotopic (exact) mass is 389 g/mol. The van der Waals surface area contributed by atoms with E-state index < -0.39 is 0 Å². The highest BCUT2D eigenvalue weighted by atomic mass is 16.3. The van der Waals surface area contributed by atoms with Crippen LogP contribution in [0, 0.1) is 11.8 Å². The Labute approximate surface area is 171 Å². The van der Waals surface area contributed by atoms with Crippen LogP contribution in [0.15, 0.2) is 52.4 Å². The molecule has 1 aromatic heterocycles. The van der Waals surface area contributed by atoms with Gasteiger partial charge in [0.25, 0.3) is 0 Å². The zero-order chi connectivity index (χ0) is 19.8. The van der Waals surface area contributed by atoms with Crippen LogP contribution in [-0.2, 0) is 0 Å². The Morgan fingerprint density at radius 1 is 1.14 bits per heavy atom. The van der Waals surface area contributed by atoms with Crippen molar-refractivity contribution >= 4 is 11.5 Å². The van der Waals surface area contributed by atoms with E-state index in [1.165, 1.54) is 24.8 Å². The molecule has 1 aromatic carbocycles. The summed E-state index contributed by atoms with van der Waals surface area (Å²) in [5.74, 6) is 2.96. The van der Waals surface area contributed by atoms with Crippen LogP contribution in [-0.4, -0.2) is 44.8 Å². The van der Waals surface area contributed by atoms with E-state index in [2.05, 4.69) is 38.3 Å². The number of hydrogen-bond acceptors (Lipinski definition) is 5. The summed E-state index contributed by atoms with van der Waals surface area (Å²) in [5, 5.41) is 26.7. The molecule has 2 N–H and O–H groups in total. The standard InChI is InChI=1S/C23H27N5O/c1-2-15-8-21(20-7-6-16(10-22(20)29)19-11-24-25-12-19)26-27-23(9-15)28-13-17-4-3-5-18(17)14-28/h6-8,10-12,17-18,29H,2-5,9,13-14H2,1H3,(H,24,25)/t17-,18?/m0/s1. The molecule has 1 saturated heterocycles. The number of hydrogen-bond donors (Lipinski definition) is 2. The van der Waals surface area contributed by atoms with Gasteiger partial charge in [0.2, 0.25) is 0 Å². The number of nitrogens with one attached hydrogen (secondary N) is 1. The van der Waals surface area contributed by atoms with Gasteiger partial charge in [0, 0.05) is 36.8 Å². The lowest BCUT2D eigenvalue weighted by molar-refractivity contribution is 0.456. The first-order chi connectivity index (χ1) is 14.2. The van der Waals surface area contributed by atoms with Crippen molar-refractivity contribution in [3.63, 3.8) is 0 Å². The first-order valence-corrected chi connectivity index (χ1v) is 10.6. The molecule has 1 saturated carbocycles. The SMILES string of the molecule is CCC1=CC(c2ccc(-c3cn[nH]c3)cc2O)=NN=C(N2CC3CCC[C@H]3C2)C1. The van der Waals surface area contributed by atoms with Crippen LogP contribution in [0.2, 0.25) is 0 Å². The van der Waals surface area contributed by atoms with Crippen LogP contribution in [0.1, 0.15) is 44.6 Å². The zero-order valence-corrected chi connectivity index (χ0v) is 16.8. The maximum absolute atomic E-state index is 10.7. The van der Waals surface area contributed by atoms with Crippen LogP contribution in [0.5, 0.6) is 5.75 Å². The highest BCUT2D eigenvalue weighted by molar-refractivity contribution is 6.12. The van der Waals surface area contributed by atoms with Crippen molar-refractivity contribution in [3.05, 3.63) is 47.8 Å². The van der Waals surface area contributed by atoms with Crippen molar-refractivity contribution in [3.8, 4) is 16.9 Å². The van der Waals surface area contributed by atoms with Gasteiger partial charge >= 0.3 is 0 Å². The highest BCUT2D eigenvalue weighted by Gasteiger charge is 2.37. The van der Waals surface area contributed by atoms with E-state index in [1.54, 1.807) is 12.3 Å². The largest absolute Gasteiger partial charge is 0.507 e. The molecule has 3 aliphatic rings. The number of allylic oxidation sites excluding steroid dienone is 1. The third-order valence-corrected chi connectivity index (χ3v) is 6.65. The number of phenols is 1. The van der Waals surface area contributed by atoms with Crippen LogP contribution < -0.4 is 0 Å². The molecule has 0 spiro atoms. The number of rotatable bonds is 3. The average Bonchev–Trinajstić information content (AvgIpc) is 3.44. The molecule has 6 nitrogen and oxygen atoms in total. The molecule has 29 heavy (non-hydrogen) atoms. The average molecular weight is 390 g/mol. The minimum Gasteiger partial charge on any atom is -0.507 e. The predicted octanol–water partition coefficient (Wildman–Crippen LogP) is 4.36. The van der Waals surface area contributed by atoms with Crippen molar-refractivity contribution in [2.24, 2.45) is 22.0 Å². The van der Waals surface area contributed by atoms with Crippen molar-refractivity contribution in [1.82, 2.24) is 15.1 Å². The minimum absolute atomic E-state index is 0.212. The molecule has 2 fully saturated rings. The lowest BCUT2D eigenvalue weighted by atomic mass is 10.00. The van der Waals surface area contributed by atoms with Gasteiger partial charge in [-0.3, -0.25) is 5.10 Å². The van der Waals surface area contributed by atoms with Gasteiger partial charge in [-0.15, -0.1) is 10.2 Å². The summed E-state index contributed by atoms with van der Waals surface area (Å²) in [6.07, 6.45) is 11.5. The van der Waals surface area contributed by atoms with Gasteiger partial charge in [0.05, 0.1) is 11.9 Å². The molecule has 2 aliphatic heterocycles. The molecule has 5 rings (SSSR count). The van der Waals surface area contributed by atoms with E-state index in [9.17, 15) is 5.11 Å². The van der Waals surface area contributed by atoms with Gasteiger partial charge in [-0.1, -0.05) is 25.0 Å². The zero-order valence-electron chi connectivity index (χ0n) is 16.8. The second-order valence-electron chi connectivity index (χ2n) is 8.41. The number of H-pyrrole nitrogens is 1. The number of amidine groups is 1. The van der Waals surface area contributed by atoms with Crippen molar-refractivity contribution in [1.29, 1.82) is 0 Å². The van der Waals surface area contributed by atoms with E-state index >= 15 is 0 Å². The number of nitrogens with zero attached hydrogens (tertiary/aromatic N) is 4. The smallest absolute Gasteiger partial charge is 0.131 e. The number of aromatic amines is 1. The Hall–Kier alpha value is -2.89. The van der Waals surface area contributed by atoms with Gasteiger partial charge in [0.15, 0.2) is 0 Å². The van der Waals surface area contributed by atoms with E-state index in [0.29, 0.717) is 5.56 Å². The molecule has 1 unspecified atom stereocenters. The molecule has 0 amide bonds. The van der Waals surface area contributed by atoms with Gasteiger partial charge in [-0.25, -0.2) is 0 Å². The summed E-state index contributed by atoms with van der Waals surface area (Å²) in [6.45, 7) is 4.42. The van der Waals surface area contributed by atoms with E-state index in [-0.39, 0.29) is 5.75 Å². The van der Waals surface area contributed by atoms with Crippen molar-refractivity contribution in [2.45, 2.75) is 39.0 Å². The van der Waals surface area contributed by atoms with E-state index in [0.717, 1.165) is 60.4 Å². The number of benzene rings is 1. The van der Waals surface area contributed by atoms with Gasteiger partial charge < -0.3 is 10.0 Å². The molecule has 0 bridgehead atoms. The fraction of sp³-hybridized carbons (Fsp3) is 0.435. The lowest BCUT2D eigenvalue weighted by Gasteiger charge is -2.21. The maximum atomic E-state index is 10.7. The molecule has 6 heteroatoms. The normalized spacial score (nSPS) is 24.0. The number of aromatic hydroxyl groups is 1. The molecule has 2 atom stereocenters. The van der Waals surface area contributed by atoms with Crippen molar-refractivity contribution in [2.75, 3.05) is 13.1 Å². The first kappa shape index (κ1) is 18.2. The van der Waals surface area contributed by atoms with Crippen LogP contribution in [0.25, 0.3) is 11.1 Å². The number of fused-ring (bicyclic) bond motifs is 1. The predicted molar refractivity (Wildman–Crippen MR) is 115 cm³/mol. The Morgan fingerprint density at radius 3 is 2.66 bits per heavy atom. The summed E-state index contributed by atoms with van der Waals surface area (Å²) in [6, 6.07) is 5.67. The Bertz CT molecular complexity index is 977. The van der Waals surface area contributed by atoms with Gasteiger partial charge in [-0.05, 0) is 54.9 Å². The van der Waals surface area contributed by atoms with E-state index in [4.69, 9.17) is 0 Å². The highest BCUT2D eigenvalue weighted by Crippen LogP contribution is 2.38. The van der Waals surface area contributed by atoms with Gasteiger partial charge in [-0.2, -0.15) is 5.10 Å². The van der Waals surface area contributed by atoms with E-state index in [1.807, 2.05) is 18.3 Å². The van der Waals surface area contributed by atoms with Crippen LogP contribution in [0.4, 0.5) is 0 Å². The number of likely N-dealkylation sites (tertiary alicyclic amines) is 1. The number of phenolic OH excluding ortho intramolecular Hbond substituents is 1. The lowest BCUT2D eigenvalue weighted by Crippen LogP contribution is -2.29. The minimum atomic E-state index is 0.212. The second-order valence-corrected chi connectivity index (χ2v) is 8.41. The topological polar surface area (TPSA) is 76.9 Å². The third-order valence-electron chi connectivity index (χ3n) is 6.65. The molecular weight excluding hydrogens is 362 g/mol. The summed E-state index contributed by atoms with van der Waals surface area (Å²) >= 11 is 0. The fourth-order valence-corrected chi connectivity index (χ4v) is 4.94. The van der Waals surface area contributed by atoms with Crippen LogP contribution in [0.3, 0.4) is 0 Å². The molecular formula is C23H27N5O. The number of aromatic nitrogens is 2. The van der Waals surface area contributed by atoms with Gasteiger partial charge in [0.1, 0.15) is 11.6 Å². The summed E-state index contributed by atoms with van der Waals surface area (Å²) < 4.78 is 0. The molecule has 2 aromatic rings. The molecule has 150 valence electrons. The van der Waals surface area contributed by atoms with Crippen LogP contribution >= 0.6 is 0 Å². The first-order valence-electron chi connectivity index (χ1n) is 10.6. The molecule has 0 radical (unpaired) electrons.